The first-order valence-electron chi connectivity index (χ1n) is 9.43. The lowest BCUT2D eigenvalue weighted by molar-refractivity contribution is -0.149. The molecule has 0 aromatic heterocycles. The first kappa shape index (κ1) is 20.6. The number of cyclic esters (lactones) is 1. The van der Waals surface area contributed by atoms with Crippen molar-refractivity contribution < 1.29 is 24.2 Å². The molecule has 0 radical (unpaired) electrons. The fourth-order valence-electron chi connectivity index (χ4n) is 3.66. The minimum Gasteiger partial charge on any atom is -0.461 e. The summed E-state index contributed by atoms with van der Waals surface area (Å²) in [7, 11) is 3.64. The molecular weight excluding hydrogens is 334 g/mol. The average molecular weight is 365 g/mol. The Balaban J connectivity index is 2.05. The van der Waals surface area contributed by atoms with Gasteiger partial charge >= 0.3 is 11.9 Å². The number of esters is 2. The van der Waals surface area contributed by atoms with E-state index in [0.717, 1.165) is 19.3 Å². The summed E-state index contributed by atoms with van der Waals surface area (Å²) >= 11 is 0. The molecule has 0 aromatic carbocycles. The van der Waals surface area contributed by atoms with Gasteiger partial charge in [0.1, 0.15) is 6.10 Å². The monoisotopic (exact) mass is 365 g/mol. The topological polar surface area (TPSA) is 76.1 Å². The first-order chi connectivity index (χ1) is 12.3. The van der Waals surface area contributed by atoms with Crippen LogP contribution in [0.5, 0.6) is 0 Å². The first-order valence-corrected chi connectivity index (χ1v) is 9.43. The normalized spacial score (nSPS) is 33.0. The van der Waals surface area contributed by atoms with E-state index in [0.29, 0.717) is 12.8 Å². The molecule has 5 atom stereocenters. The second kappa shape index (κ2) is 9.88. The third-order valence-corrected chi connectivity index (χ3v) is 4.91. The molecule has 1 N–H and O–H groups in total. The molecule has 1 aliphatic carbocycles. The van der Waals surface area contributed by atoms with Crippen LogP contribution in [-0.2, 0) is 19.1 Å². The van der Waals surface area contributed by atoms with Gasteiger partial charge in [-0.15, -0.1) is 0 Å². The Bertz CT molecular complexity index is 542. The van der Waals surface area contributed by atoms with Gasteiger partial charge < -0.3 is 14.6 Å². The number of allylic oxidation sites excluding steroid dienone is 2. The van der Waals surface area contributed by atoms with E-state index in [-0.39, 0.29) is 36.6 Å². The molecule has 6 nitrogen and oxygen atoms in total. The van der Waals surface area contributed by atoms with Gasteiger partial charge in [-0.2, -0.15) is 0 Å². The third kappa shape index (κ3) is 6.57. The molecule has 26 heavy (non-hydrogen) atoms. The van der Waals surface area contributed by atoms with Gasteiger partial charge in [0.25, 0.3) is 0 Å². The molecule has 2 aliphatic rings. The molecule has 0 amide bonds. The Kier molecular flexibility index (Phi) is 7.85. The predicted molar refractivity (Wildman–Crippen MR) is 98.3 cm³/mol. The number of nitrogens with zero attached hydrogens (tertiary/aromatic N) is 1. The van der Waals surface area contributed by atoms with E-state index in [9.17, 15) is 14.7 Å². The zero-order valence-electron chi connectivity index (χ0n) is 16.0. The second-order valence-electron chi connectivity index (χ2n) is 7.61. The SMILES string of the molecule is CC1CCCC=CC2CC(OC(=O)CN(C)C)CC2C(O)C=CC(=O)O1. The Labute approximate surface area is 155 Å². The molecule has 0 bridgehead atoms. The molecule has 1 fully saturated rings. The number of likely N-dealkylation sites (N-methyl/N-ethyl adjacent to an activating group) is 1. The maximum absolute atomic E-state index is 11.9. The van der Waals surface area contributed by atoms with E-state index in [1.54, 1.807) is 4.90 Å². The number of hydrogen-bond donors (Lipinski definition) is 1. The summed E-state index contributed by atoms with van der Waals surface area (Å²) in [4.78, 5) is 25.5. The summed E-state index contributed by atoms with van der Waals surface area (Å²) in [6.45, 7) is 2.13. The van der Waals surface area contributed by atoms with Crippen molar-refractivity contribution in [2.45, 2.75) is 57.3 Å². The van der Waals surface area contributed by atoms with Gasteiger partial charge in [-0.25, -0.2) is 4.79 Å². The summed E-state index contributed by atoms with van der Waals surface area (Å²) in [5.74, 6) is -0.626. The van der Waals surface area contributed by atoms with Gasteiger partial charge in [0.2, 0.25) is 0 Å². The Morgan fingerprint density at radius 3 is 2.85 bits per heavy atom. The molecule has 2 rings (SSSR count). The summed E-state index contributed by atoms with van der Waals surface area (Å²) in [5, 5.41) is 10.5. The van der Waals surface area contributed by atoms with Crippen LogP contribution in [0.4, 0.5) is 0 Å². The van der Waals surface area contributed by atoms with Crippen LogP contribution in [0.15, 0.2) is 24.3 Å². The smallest absolute Gasteiger partial charge is 0.330 e. The largest absolute Gasteiger partial charge is 0.461 e. The summed E-state index contributed by atoms with van der Waals surface area (Å²) in [6, 6.07) is 0. The second-order valence-corrected chi connectivity index (χ2v) is 7.61. The highest BCUT2D eigenvalue weighted by molar-refractivity contribution is 5.82. The van der Waals surface area contributed by atoms with Crippen molar-refractivity contribution >= 4 is 11.9 Å². The van der Waals surface area contributed by atoms with Gasteiger partial charge in [-0.05, 0) is 71.0 Å². The van der Waals surface area contributed by atoms with E-state index < -0.39 is 12.1 Å². The summed E-state index contributed by atoms with van der Waals surface area (Å²) in [5.41, 5.74) is 0. The van der Waals surface area contributed by atoms with Crippen molar-refractivity contribution in [1.29, 1.82) is 0 Å². The van der Waals surface area contributed by atoms with Crippen LogP contribution >= 0.6 is 0 Å². The van der Waals surface area contributed by atoms with Crippen LogP contribution < -0.4 is 0 Å². The molecule has 1 saturated carbocycles. The van der Waals surface area contributed by atoms with Crippen molar-refractivity contribution in [2.24, 2.45) is 11.8 Å². The van der Waals surface area contributed by atoms with Crippen molar-refractivity contribution in [3.63, 3.8) is 0 Å². The number of carbonyl (C=O) groups is 2. The molecule has 6 heteroatoms. The van der Waals surface area contributed by atoms with E-state index in [1.165, 1.54) is 12.2 Å². The van der Waals surface area contributed by atoms with Crippen LogP contribution in [-0.4, -0.2) is 60.9 Å². The van der Waals surface area contributed by atoms with Crippen LogP contribution in [0.25, 0.3) is 0 Å². The van der Waals surface area contributed by atoms with Crippen molar-refractivity contribution in [3.05, 3.63) is 24.3 Å². The zero-order valence-corrected chi connectivity index (χ0v) is 16.0. The quantitative estimate of drug-likeness (QED) is 0.610. The lowest BCUT2D eigenvalue weighted by atomic mass is 9.90. The van der Waals surface area contributed by atoms with Gasteiger partial charge in [-0.1, -0.05) is 12.2 Å². The van der Waals surface area contributed by atoms with Crippen molar-refractivity contribution in [3.8, 4) is 0 Å². The van der Waals surface area contributed by atoms with Gasteiger partial charge in [-0.3, -0.25) is 9.69 Å². The van der Waals surface area contributed by atoms with Gasteiger partial charge in [0.05, 0.1) is 18.8 Å². The summed E-state index contributed by atoms with van der Waals surface area (Å²) < 4.78 is 10.9. The molecule has 0 spiro atoms. The summed E-state index contributed by atoms with van der Waals surface area (Å²) in [6.07, 6.45) is 9.91. The number of ether oxygens (including phenoxy) is 2. The highest BCUT2D eigenvalue weighted by atomic mass is 16.5. The Morgan fingerprint density at radius 1 is 1.35 bits per heavy atom. The number of aliphatic hydroxyl groups excluding tert-OH is 1. The van der Waals surface area contributed by atoms with Crippen LogP contribution in [0.2, 0.25) is 0 Å². The predicted octanol–water partition coefficient (Wildman–Crippen LogP) is 2.07. The maximum atomic E-state index is 11.9. The molecule has 5 unspecified atom stereocenters. The van der Waals surface area contributed by atoms with Crippen molar-refractivity contribution in [2.75, 3.05) is 20.6 Å². The lowest BCUT2D eigenvalue weighted by Gasteiger charge is -2.19. The van der Waals surface area contributed by atoms with E-state index >= 15 is 0 Å². The number of rotatable bonds is 3. The zero-order chi connectivity index (χ0) is 19.1. The molecule has 1 heterocycles. The minimum absolute atomic E-state index is 0.0781. The number of aliphatic hydroxyl groups is 1. The lowest BCUT2D eigenvalue weighted by Crippen LogP contribution is -2.27. The van der Waals surface area contributed by atoms with Crippen LogP contribution in [0.3, 0.4) is 0 Å². The number of fused-ring (bicyclic) bond motifs is 1. The fourth-order valence-corrected chi connectivity index (χ4v) is 3.66. The van der Waals surface area contributed by atoms with E-state index in [2.05, 4.69) is 12.2 Å². The standard InChI is InChI=1S/C20H31NO5/c1-14-7-5-4-6-8-15-11-16(26-20(24)13-21(2)3)12-17(15)18(22)9-10-19(23)25-14/h6,8-10,14-18,22H,4-5,7,11-13H2,1-3H3. The molecule has 0 aromatic rings. The van der Waals surface area contributed by atoms with Crippen molar-refractivity contribution in [1.82, 2.24) is 4.90 Å². The van der Waals surface area contributed by atoms with Crippen LogP contribution in [0, 0.1) is 11.8 Å². The molecule has 146 valence electrons. The van der Waals surface area contributed by atoms with E-state index in [4.69, 9.17) is 9.47 Å². The van der Waals surface area contributed by atoms with Gasteiger partial charge in [0, 0.05) is 6.08 Å². The number of carbonyl (C=O) groups excluding carboxylic acids is 2. The Hall–Kier alpha value is -1.66. The van der Waals surface area contributed by atoms with Crippen LogP contribution in [0.1, 0.15) is 39.0 Å². The number of hydrogen-bond acceptors (Lipinski definition) is 6. The van der Waals surface area contributed by atoms with Gasteiger partial charge in [0.15, 0.2) is 0 Å². The highest BCUT2D eigenvalue weighted by Gasteiger charge is 2.38. The molecular formula is C20H31NO5. The highest BCUT2D eigenvalue weighted by Crippen LogP contribution is 2.38. The molecule has 0 saturated heterocycles. The Morgan fingerprint density at radius 2 is 2.12 bits per heavy atom. The van der Waals surface area contributed by atoms with E-state index in [1.807, 2.05) is 21.0 Å². The average Bonchev–Trinajstić information content (AvgIpc) is 2.93. The minimum atomic E-state index is -0.772. The fraction of sp³-hybridized carbons (Fsp3) is 0.700. The molecule has 1 aliphatic heterocycles. The third-order valence-electron chi connectivity index (χ3n) is 4.91. The maximum Gasteiger partial charge on any atom is 0.330 e.